The second-order valence-corrected chi connectivity index (χ2v) is 6.16. The third kappa shape index (κ3) is 7.08. The molecule has 0 aliphatic heterocycles. The molecule has 0 aliphatic carbocycles. The molecule has 0 amide bonds. The van der Waals surface area contributed by atoms with E-state index in [4.69, 9.17) is 19.3 Å². The van der Waals surface area contributed by atoms with E-state index < -0.39 is 0 Å². The second kappa shape index (κ2) is 11.7. The zero-order valence-corrected chi connectivity index (χ0v) is 17.0. The van der Waals surface area contributed by atoms with Crippen molar-refractivity contribution in [3.63, 3.8) is 0 Å². The fraction of sp³-hybridized carbons (Fsp3) is 0.381. The number of aliphatic hydroxyl groups excluding tert-OH is 1. The summed E-state index contributed by atoms with van der Waals surface area (Å²) < 4.78 is 15.5. The molecular weight excluding hydrogens is 374 g/mol. The van der Waals surface area contributed by atoms with Gasteiger partial charge in [-0.1, -0.05) is 0 Å². The highest BCUT2D eigenvalue weighted by Crippen LogP contribution is 2.33. The van der Waals surface area contributed by atoms with Crippen molar-refractivity contribution in [1.29, 1.82) is 0 Å². The van der Waals surface area contributed by atoms with Crippen molar-refractivity contribution in [3.05, 3.63) is 42.5 Å². The molecule has 29 heavy (non-hydrogen) atoms. The Balaban J connectivity index is 2.11. The van der Waals surface area contributed by atoms with Crippen LogP contribution in [0.25, 0.3) is 0 Å². The molecule has 8 heteroatoms. The molecule has 0 radical (unpaired) electrons. The summed E-state index contributed by atoms with van der Waals surface area (Å²) in [5.74, 6) is 0.963. The number of carbonyl (C=O) groups excluding carboxylic acids is 1. The van der Waals surface area contributed by atoms with Gasteiger partial charge in [0.05, 0.1) is 26.5 Å². The molecule has 2 aromatic carbocycles. The molecule has 8 nitrogen and oxygen atoms in total. The lowest BCUT2D eigenvalue weighted by molar-refractivity contribution is -0.140. The highest BCUT2D eigenvalue weighted by molar-refractivity contribution is 5.66. The van der Waals surface area contributed by atoms with Gasteiger partial charge in [-0.3, -0.25) is 4.79 Å². The van der Waals surface area contributed by atoms with Crippen LogP contribution in [0, 0.1) is 0 Å². The van der Waals surface area contributed by atoms with Crippen LogP contribution in [0.1, 0.15) is 13.3 Å². The van der Waals surface area contributed by atoms with Crippen LogP contribution in [0.15, 0.2) is 52.7 Å². The van der Waals surface area contributed by atoms with E-state index in [2.05, 4.69) is 10.2 Å². The lowest BCUT2D eigenvalue weighted by atomic mass is 10.2. The Morgan fingerprint density at radius 2 is 1.79 bits per heavy atom. The van der Waals surface area contributed by atoms with Crippen LogP contribution in [0.2, 0.25) is 0 Å². The molecular formula is C21H27N3O5. The summed E-state index contributed by atoms with van der Waals surface area (Å²) in [6, 6.07) is 12.9. The summed E-state index contributed by atoms with van der Waals surface area (Å²) in [5.41, 5.74) is 2.20. The van der Waals surface area contributed by atoms with Gasteiger partial charge in [-0.05, 0) is 42.8 Å². The number of esters is 1. The third-order valence-electron chi connectivity index (χ3n) is 4.13. The molecule has 0 saturated heterocycles. The summed E-state index contributed by atoms with van der Waals surface area (Å²) in [4.78, 5) is 13.0. The predicted octanol–water partition coefficient (Wildman–Crippen LogP) is 3.87. The normalized spacial score (nSPS) is 10.8. The Bertz CT molecular complexity index is 808. The van der Waals surface area contributed by atoms with Crippen LogP contribution in [-0.4, -0.2) is 51.6 Å². The fourth-order valence-corrected chi connectivity index (χ4v) is 2.65. The van der Waals surface area contributed by atoms with Crippen molar-refractivity contribution >= 4 is 23.0 Å². The number of benzene rings is 2. The second-order valence-electron chi connectivity index (χ2n) is 6.16. The monoisotopic (exact) mass is 401 g/mol. The van der Waals surface area contributed by atoms with Crippen LogP contribution in [0.3, 0.4) is 0 Å². The Hall–Kier alpha value is -3.13. The van der Waals surface area contributed by atoms with E-state index in [1.165, 1.54) is 6.92 Å². The maximum Gasteiger partial charge on any atom is 0.302 e. The van der Waals surface area contributed by atoms with Gasteiger partial charge in [0.25, 0.3) is 0 Å². The predicted molar refractivity (Wildman–Crippen MR) is 111 cm³/mol. The molecule has 0 saturated carbocycles. The molecule has 1 N–H and O–H groups in total. The van der Waals surface area contributed by atoms with Gasteiger partial charge in [0.15, 0.2) is 0 Å². The highest BCUT2D eigenvalue weighted by Gasteiger charge is 2.08. The Kier molecular flexibility index (Phi) is 8.91. The van der Waals surface area contributed by atoms with Gasteiger partial charge >= 0.3 is 5.97 Å². The van der Waals surface area contributed by atoms with E-state index in [0.29, 0.717) is 42.4 Å². The minimum Gasteiger partial charge on any atom is -0.497 e. The SMILES string of the molecule is COc1ccc(OC)c(N=Nc2ccc(N(CCCO)CCOC(C)=O)cc2)c1. The summed E-state index contributed by atoms with van der Waals surface area (Å²) in [7, 11) is 3.16. The third-order valence-corrected chi connectivity index (χ3v) is 4.13. The number of carbonyl (C=O) groups is 1. The van der Waals surface area contributed by atoms with E-state index in [-0.39, 0.29) is 19.2 Å². The van der Waals surface area contributed by atoms with Crippen LogP contribution in [0.5, 0.6) is 11.5 Å². The van der Waals surface area contributed by atoms with Crippen molar-refractivity contribution in [2.45, 2.75) is 13.3 Å². The van der Waals surface area contributed by atoms with Crippen molar-refractivity contribution in [2.75, 3.05) is 45.4 Å². The van der Waals surface area contributed by atoms with Gasteiger partial charge < -0.3 is 24.2 Å². The van der Waals surface area contributed by atoms with Gasteiger partial charge in [-0.25, -0.2) is 0 Å². The van der Waals surface area contributed by atoms with Crippen molar-refractivity contribution < 1.29 is 24.1 Å². The van der Waals surface area contributed by atoms with Crippen molar-refractivity contribution in [3.8, 4) is 11.5 Å². The topological polar surface area (TPSA) is 93.0 Å². The number of hydrogen-bond acceptors (Lipinski definition) is 8. The number of azo groups is 1. The standard InChI is InChI=1S/C21H27N3O5/c1-16(26)29-14-12-24(11-4-13-25)18-7-5-17(6-8-18)22-23-20-15-19(27-2)9-10-21(20)28-3/h5-10,15,25H,4,11-14H2,1-3H3. The Morgan fingerprint density at radius 3 is 2.41 bits per heavy atom. The van der Waals surface area contributed by atoms with E-state index >= 15 is 0 Å². The van der Waals surface area contributed by atoms with Gasteiger partial charge in [-0.2, -0.15) is 5.11 Å². The van der Waals surface area contributed by atoms with Gasteiger partial charge in [0, 0.05) is 31.8 Å². The van der Waals surface area contributed by atoms with Crippen LogP contribution >= 0.6 is 0 Å². The van der Waals surface area contributed by atoms with Crippen LogP contribution < -0.4 is 14.4 Å². The highest BCUT2D eigenvalue weighted by atomic mass is 16.5. The molecule has 0 fully saturated rings. The molecule has 2 aromatic rings. The molecule has 156 valence electrons. The van der Waals surface area contributed by atoms with E-state index in [9.17, 15) is 4.79 Å². The van der Waals surface area contributed by atoms with Crippen LogP contribution in [-0.2, 0) is 9.53 Å². The number of aliphatic hydroxyl groups is 1. The number of methoxy groups -OCH3 is 2. The molecule has 0 unspecified atom stereocenters. The molecule has 0 heterocycles. The minimum atomic E-state index is -0.309. The number of hydrogen-bond donors (Lipinski definition) is 1. The molecule has 0 bridgehead atoms. The molecule has 0 aliphatic rings. The first-order chi connectivity index (χ1) is 14.1. The van der Waals surface area contributed by atoms with Crippen molar-refractivity contribution in [2.24, 2.45) is 10.2 Å². The lowest BCUT2D eigenvalue weighted by Gasteiger charge is -2.24. The smallest absolute Gasteiger partial charge is 0.302 e. The molecule has 0 atom stereocenters. The number of rotatable bonds is 11. The quantitative estimate of drug-likeness (QED) is 0.454. The average molecular weight is 401 g/mol. The average Bonchev–Trinajstić information content (AvgIpc) is 2.74. The first kappa shape index (κ1) is 22.2. The Morgan fingerprint density at radius 1 is 1.03 bits per heavy atom. The fourth-order valence-electron chi connectivity index (χ4n) is 2.65. The van der Waals surface area contributed by atoms with E-state index in [1.54, 1.807) is 32.4 Å². The summed E-state index contributed by atoms with van der Waals surface area (Å²) >= 11 is 0. The largest absolute Gasteiger partial charge is 0.497 e. The van der Waals surface area contributed by atoms with Crippen LogP contribution in [0.4, 0.5) is 17.1 Å². The molecule has 2 rings (SSSR count). The maximum atomic E-state index is 11.0. The minimum absolute atomic E-state index is 0.0960. The first-order valence-corrected chi connectivity index (χ1v) is 9.30. The molecule has 0 aromatic heterocycles. The van der Waals surface area contributed by atoms with Gasteiger partial charge in [0.2, 0.25) is 0 Å². The van der Waals surface area contributed by atoms with Crippen molar-refractivity contribution in [1.82, 2.24) is 0 Å². The zero-order valence-electron chi connectivity index (χ0n) is 17.0. The van der Waals surface area contributed by atoms with E-state index in [0.717, 1.165) is 5.69 Å². The summed E-state index contributed by atoms with van der Waals surface area (Å²) in [5, 5.41) is 17.7. The number of nitrogens with zero attached hydrogens (tertiary/aromatic N) is 3. The summed E-state index contributed by atoms with van der Waals surface area (Å²) in [6.07, 6.45) is 0.622. The van der Waals surface area contributed by atoms with E-state index in [1.807, 2.05) is 29.2 Å². The first-order valence-electron chi connectivity index (χ1n) is 9.30. The maximum absolute atomic E-state index is 11.0. The summed E-state index contributed by atoms with van der Waals surface area (Å²) in [6.45, 7) is 2.97. The number of anilines is 1. The zero-order chi connectivity index (χ0) is 21.1. The lowest BCUT2D eigenvalue weighted by Crippen LogP contribution is -2.29. The Labute approximate surface area is 170 Å². The van der Waals surface area contributed by atoms with Gasteiger partial charge in [0.1, 0.15) is 23.8 Å². The number of ether oxygens (including phenoxy) is 3. The van der Waals surface area contributed by atoms with Gasteiger partial charge in [-0.15, -0.1) is 5.11 Å². The molecule has 0 spiro atoms.